The van der Waals surface area contributed by atoms with Gasteiger partial charge in [0.15, 0.2) is 0 Å². The number of ketones is 1. The molecule has 36 heavy (non-hydrogen) atoms. The second-order valence-electron chi connectivity index (χ2n) is 13.1. The Morgan fingerprint density at radius 2 is 1.92 bits per heavy atom. The number of thiophene rings is 1. The average Bonchev–Trinajstić information content (AvgIpc) is 3.41. The van der Waals surface area contributed by atoms with E-state index in [1.165, 1.54) is 25.7 Å². The van der Waals surface area contributed by atoms with Gasteiger partial charge in [-0.15, -0.1) is 11.3 Å². The van der Waals surface area contributed by atoms with Crippen LogP contribution in [0.4, 0.5) is 0 Å². The molecule has 1 unspecified atom stereocenters. The number of aliphatic hydroxyl groups is 1. The molecule has 2 N–H and O–H groups in total. The zero-order valence-electron chi connectivity index (χ0n) is 22.4. The van der Waals surface area contributed by atoms with E-state index >= 15 is 0 Å². The highest BCUT2D eigenvalue weighted by molar-refractivity contribution is 7.16. The standard InChI is InChI=1S/C30H44ClNO3S/c1-5-24(26-8-9-27(31)36-26)32-28(35)14-17(2)20-6-7-21-19-16-25(34)23-15-18(33)10-12-30(23,4)22(19)11-13-29(20,21)3/h8-9,17,19-25,34H,5-7,10-16H2,1-4H3,(H,32,35)/t17-,19+,20?,21+,22+,23+,24-,25+,29-,30-/m1/s1. The first-order chi connectivity index (χ1) is 17.1. The largest absolute Gasteiger partial charge is 0.393 e. The summed E-state index contributed by atoms with van der Waals surface area (Å²) in [6, 6.07) is 3.96. The van der Waals surface area contributed by atoms with Gasteiger partial charge in [-0.25, -0.2) is 0 Å². The second kappa shape index (κ2) is 10.0. The molecule has 4 aliphatic carbocycles. The molecule has 1 aromatic rings. The van der Waals surface area contributed by atoms with E-state index < -0.39 is 0 Å². The van der Waals surface area contributed by atoms with E-state index in [0.717, 1.165) is 28.5 Å². The van der Waals surface area contributed by atoms with E-state index in [9.17, 15) is 14.7 Å². The molecular formula is C30H44ClNO3S. The van der Waals surface area contributed by atoms with E-state index in [1.54, 1.807) is 11.3 Å². The molecular weight excluding hydrogens is 490 g/mol. The number of halogens is 1. The summed E-state index contributed by atoms with van der Waals surface area (Å²) < 4.78 is 0.763. The van der Waals surface area contributed by atoms with Crippen LogP contribution in [0.25, 0.3) is 0 Å². The van der Waals surface area contributed by atoms with Crippen molar-refractivity contribution in [3.8, 4) is 0 Å². The fraction of sp³-hybridized carbons (Fsp3) is 0.800. The van der Waals surface area contributed by atoms with Gasteiger partial charge in [-0.05, 0) is 103 Å². The molecule has 4 fully saturated rings. The van der Waals surface area contributed by atoms with E-state index in [1.807, 2.05) is 12.1 Å². The molecule has 0 aromatic carbocycles. The first-order valence-electron chi connectivity index (χ1n) is 14.3. The number of Topliss-reactive ketones (excluding diaryl/α,β-unsaturated/α-hetero) is 1. The van der Waals surface area contributed by atoms with Crippen molar-refractivity contribution in [2.24, 2.45) is 46.3 Å². The first-order valence-corrected chi connectivity index (χ1v) is 15.5. The minimum absolute atomic E-state index is 0.0318. The van der Waals surface area contributed by atoms with Gasteiger partial charge < -0.3 is 10.4 Å². The lowest BCUT2D eigenvalue weighted by atomic mass is 9.44. The lowest BCUT2D eigenvalue weighted by molar-refractivity contribution is -0.166. The summed E-state index contributed by atoms with van der Waals surface area (Å²) >= 11 is 7.68. The van der Waals surface area contributed by atoms with Crippen molar-refractivity contribution in [1.29, 1.82) is 0 Å². The summed E-state index contributed by atoms with van der Waals surface area (Å²) in [5, 5.41) is 14.5. The summed E-state index contributed by atoms with van der Waals surface area (Å²) in [6.45, 7) is 9.27. The lowest BCUT2D eigenvalue weighted by Crippen LogP contribution is -2.58. The molecule has 0 aliphatic heterocycles. The van der Waals surface area contributed by atoms with Crippen molar-refractivity contribution in [2.45, 2.75) is 104 Å². The van der Waals surface area contributed by atoms with E-state index in [-0.39, 0.29) is 34.8 Å². The zero-order valence-corrected chi connectivity index (χ0v) is 24.0. The number of rotatable bonds is 6. The molecule has 0 radical (unpaired) electrons. The van der Waals surface area contributed by atoms with Crippen LogP contribution in [-0.4, -0.2) is 22.9 Å². The molecule has 10 atom stereocenters. The third-order valence-corrected chi connectivity index (χ3v) is 12.8. The molecule has 1 amide bonds. The van der Waals surface area contributed by atoms with Crippen molar-refractivity contribution < 1.29 is 14.7 Å². The highest BCUT2D eigenvalue weighted by atomic mass is 35.5. The Morgan fingerprint density at radius 3 is 2.61 bits per heavy atom. The molecule has 1 heterocycles. The number of fused-ring (bicyclic) bond motifs is 5. The quantitative estimate of drug-likeness (QED) is 0.406. The highest BCUT2D eigenvalue weighted by Crippen LogP contribution is 2.68. The number of carbonyl (C=O) groups excluding carboxylic acids is 2. The summed E-state index contributed by atoms with van der Waals surface area (Å²) in [4.78, 5) is 26.5. The fourth-order valence-electron chi connectivity index (χ4n) is 9.64. The van der Waals surface area contributed by atoms with Gasteiger partial charge in [0, 0.05) is 24.1 Å². The van der Waals surface area contributed by atoms with E-state index in [0.29, 0.717) is 54.6 Å². The summed E-state index contributed by atoms with van der Waals surface area (Å²) in [7, 11) is 0. The van der Waals surface area contributed by atoms with Crippen LogP contribution in [0.5, 0.6) is 0 Å². The van der Waals surface area contributed by atoms with Crippen LogP contribution >= 0.6 is 22.9 Å². The summed E-state index contributed by atoms with van der Waals surface area (Å²) in [5.74, 6) is 3.31. The Balaban J connectivity index is 1.27. The normalized spacial score (nSPS) is 41.7. The van der Waals surface area contributed by atoms with Gasteiger partial charge in [-0.1, -0.05) is 39.3 Å². The Labute approximate surface area is 226 Å². The van der Waals surface area contributed by atoms with Crippen molar-refractivity contribution in [3.63, 3.8) is 0 Å². The third-order valence-electron chi connectivity index (χ3n) is 11.4. The summed E-state index contributed by atoms with van der Waals surface area (Å²) in [6.07, 6.45) is 8.99. The van der Waals surface area contributed by atoms with Gasteiger partial charge in [0.25, 0.3) is 0 Å². The van der Waals surface area contributed by atoms with Crippen LogP contribution < -0.4 is 5.32 Å². The number of aliphatic hydroxyl groups excluding tert-OH is 1. The molecule has 0 saturated heterocycles. The summed E-state index contributed by atoms with van der Waals surface area (Å²) in [5.41, 5.74) is 0.334. The van der Waals surface area contributed by atoms with Gasteiger partial charge in [-0.2, -0.15) is 0 Å². The lowest BCUT2D eigenvalue weighted by Gasteiger charge is -2.61. The highest BCUT2D eigenvalue weighted by Gasteiger charge is 2.62. The topological polar surface area (TPSA) is 66.4 Å². The molecule has 4 saturated carbocycles. The van der Waals surface area contributed by atoms with Crippen LogP contribution in [0.2, 0.25) is 4.34 Å². The molecule has 6 heteroatoms. The Bertz CT molecular complexity index is 995. The van der Waals surface area contributed by atoms with Crippen LogP contribution in [0.15, 0.2) is 12.1 Å². The maximum Gasteiger partial charge on any atom is 0.220 e. The van der Waals surface area contributed by atoms with Crippen molar-refractivity contribution in [2.75, 3.05) is 0 Å². The molecule has 4 nitrogen and oxygen atoms in total. The first kappa shape index (κ1) is 26.7. The van der Waals surface area contributed by atoms with Crippen molar-refractivity contribution in [3.05, 3.63) is 21.3 Å². The number of hydrogen-bond donors (Lipinski definition) is 2. The third kappa shape index (κ3) is 4.49. The molecule has 200 valence electrons. The van der Waals surface area contributed by atoms with Gasteiger partial charge in [0.1, 0.15) is 5.78 Å². The Morgan fingerprint density at radius 1 is 1.17 bits per heavy atom. The number of carbonyl (C=O) groups is 2. The van der Waals surface area contributed by atoms with Crippen LogP contribution in [-0.2, 0) is 9.59 Å². The smallest absolute Gasteiger partial charge is 0.220 e. The van der Waals surface area contributed by atoms with Crippen LogP contribution in [0, 0.1) is 46.3 Å². The SMILES string of the molecule is CC[C@@H](NC(=O)C[C@@H](C)C1CC[C@H]2[C@@H]3C[C@H](O)[C@@H]4CC(=O)CC[C@]4(C)[C@H]3CC[C@]12C)c1ccc(Cl)s1. The maximum atomic E-state index is 13.1. The van der Waals surface area contributed by atoms with Crippen LogP contribution in [0.3, 0.4) is 0 Å². The molecule has 1 aromatic heterocycles. The van der Waals surface area contributed by atoms with Gasteiger partial charge in [0.05, 0.1) is 16.5 Å². The van der Waals surface area contributed by atoms with Gasteiger partial charge in [-0.3, -0.25) is 9.59 Å². The number of nitrogens with one attached hydrogen (secondary N) is 1. The van der Waals surface area contributed by atoms with Gasteiger partial charge in [0.2, 0.25) is 5.91 Å². The molecule has 4 aliphatic rings. The zero-order chi connectivity index (χ0) is 25.8. The average molecular weight is 534 g/mol. The molecule has 5 rings (SSSR count). The Kier molecular flexibility index (Phi) is 7.41. The predicted octanol–water partition coefficient (Wildman–Crippen LogP) is 7.19. The number of amides is 1. The maximum absolute atomic E-state index is 13.1. The van der Waals surface area contributed by atoms with Gasteiger partial charge >= 0.3 is 0 Å². The predicted molar refractivity (Wildman–Crippen MR) is 146 cm³/mol. The number of hydrogen-bond acceptors (Lipinski definition) is 4. The minimum atomic E-state index is -0.346. The van der Waals surface area contributed by atoms with E-state index in [4.69, 9.17) is 11.6 Å². The minimum Gasteiger partial charge on any atom is -0.393 e. The molecule has 0 spiro atoms. The Hall–Kier alpha value is -0.910. The molecule has 0 bridgehead atoms. The van der Waals surface area contributed by atoms with Crippen molar-refractivity contribution in [1.82, 2.24) is 5.32 Å². The fourth-order valence-corrected chi connectivity index (χ4v) is 10.8. The van der Waals surface area contributed by atoms with E-state index in [2.05, 4.69) is 33.0 Å². The van der Waals surface area contributed by atoms with Crippen LogP contribution in [0.1, 0.15) is 103 Å². The second-order valence-corrected chi connectivity index (χ2v) is 14.9. The monoisotopic (exact) mass is 533 g/mol. The van der Waals surface area contributed by atoms with Crippen molar-refractivity contribution >= 4 is 34.6 Å².